The summed E-state index contributed by atoms with van der Waals surface area (Å²) in [4.78, 5) is 11.8. The van der Waals surface area contributed by atoms with Gasteiger partial charge in [-0.2, -0.15) is 0 Å². The predicted molar refractivity (Wildman–Crippen MR) is 98.6 cm³/mol. The summed E-state index contributed by atoms with van der Waals surface area (Å²) in [7, 11) is 0. The Balaban J connectivity index is 1.54. The zero-order valence-electron chi connectivity index (χ0n) is 14.1. The number of carbonyl (C=O) groups excluding carboxylic acids is 1. The van der Waals surface area contributed by atoms with E-state index >= 15 is 0 Å². The first kappa shape index (κ1) is 16.8. The van der Waals surface area contributed by atoms with E-state index in [1.54, 1.807) is 24.3 Å². The minimum Gasteiger partial charge on any atom is -0.431 e. The van der Waals surface area contributed by atoms with E-state index in [0.717, 1.165) is 5.56 Å². The normalized spacial score (nSPS) is 11.6. The van der Waals surface area contributed by atoms with Crippen LogP contribution in [0.4, 0.5) is 4.79 Å². The van der Waals surface area contributed by atoms with Crippen molar-refractivity contribution in [3.63, 3.8) is 0 Å². The number of carbonyl (C=O) groups is 1. The second-order valence-corrected chi connectivity index (χ2v) is 5.86. The molecule has 0 spiro atoms. The van der Waals surface area contributed by atoms with Crippen LogP contribution in [0.1, 0.15) is 12.5 Å². The number of rotatable bonds is 5. The van der Waals surface area contributed by atoms with Crippen molar-refractivity contribution in [2.45, 2.75) is 19.4 Å². The van der Waals surface area contributed by atoms with Crippen molar-refractivity contribution >= 4 is 6.16 Å². The Labute approximate surface area is 147 Å². The van der Waals surface area contributed by atoms with Gasteiger partial charge in [0.25, 0.3) is 0 Å². The van der Waals surface area contributed by atoms with Crippen molar-refractivity contribution in [3.05, 3.63) is 90.5 Å². The molecule has 0 aromatic heterocycles. The predicted octanol–water partition coefficient (Wildman–Crippen LogP) is 5.50. The number of benzene rings is 3. The van der Waals surface area contributed by atoms with Gasteiger partial charge in [-0.25, -0.2) is 4.79 Å². The van der Waals surface area contributed by atoms with Gasteiger partial charge in [-0.15, -0.1) is 0 Å². The van der Waals surface area contributed by atoms with Gasteiger partial charge in [-0.1, -0.05) is 72.8 Å². The maximum absolute atomic E-state index is 11.8. The fraction of sp³-hybridized carbons (Fsp3) is 0.136. The molecule has 1 unspecified atom stereocenters. The van der Waals surface area contributed by atoms with E-state index in [4.69, 9.17) is 9.47 Å². The summed E-state index contributed by atoms with van der Waals surface area (Å²) >= 11 is 0. The third-order valence-electron chi connectivity index (χ3n) is 3.83. The lowest BCUT2D eigenvalue weighted by Gasteiger charge is -2.13. The fourth-order valence-electron chi connectivity index (χ4n) is 2.61. The van der Waals surface area contributed by atoms with Gasteiger partial charge >= 0.3 is 6.16 Å². The minimum atomic E-state index is -0.681. The van der Waals surface area contributed by atoms with Gasteiger partial charge in [-0.3, -0.25) is 0 Å². The summed E-state index contributed by atoms with van der Waals surface area (Å²) in [5.74, 6) is 0.479. The number of para-hydroxylation sites is 1. The lowest BCUT2D eigenvalue weighted by atomic mass is 10.0. The first-order chi connectivity index (χ1) is 12.2. The van der Waals surface area contributed by atoms with E-state index in [1.165, 1.54) is 11.1 Å². The Morgan fingerprint density at radius 2 is 1.36 bits per heavy atom. The number of hydrogen-bond donors (Lipinski definition) is 0. The number of hydrogen-bond acceptors (Lipinski definition) is 3. The molecule has 3 aromatic carbocycles. The van der Waals surface area contributed by atoms with E-state index in [9.17, 15) is 4.79 Å². The van der Waals surface area contributed by atoms with Crippen LogP contribution in [0, 0.1) is 0 Å². The van der Waals surface area contributed by atoms with Crippen molar-refractivity contribution in [2.75, 3.05) is 0 Å². The molecule has 3 heteroatoms. The summed E-state index contributed by atoms with van der Waals surface area (Å²) in [6.45, 7) is 1.86. The molecular formula is C22H20O3. The first-order valence-corrected chi connectivity index (χ1v) is 8.28. The van der Waals surface area contributed by atoms with Crippen LogP contribution in [0.2, 0.25) is 0 Å². The average Bonchev–Trinajstić information content (AvgIpc) is 2.63. The van der Waals surface area contributed by atoms with E-state index < -0.39 is 6.16 Å². The highest BCUT2D eigenvalue weighted by molar-refractivity contribution is 5.64. The van der Waals surface area contributed by atoms with E-state index in [0.29, 0.717) is 12.2 Å². The maximum atomic E-state index is 11.8. The second kappa shape index (κ2) is 8.15. The van der Waals surface area contributed by atoms with Crippen LogP contribution in [0.25, 0.3) is 11.1 Å². The van der Waals surface area contributed by atoms with E-state index in [2.05, 4.69) is 36.4 Å². The molecule has 0 bridgehead atoms. The molecule has 1 atom stereocenters. The van der Waals surface area contributed by atoms with Gasteiger partial charge in [0.2, 0.25) is 0 Å². The summed E-state index contributed by atoms with van der Waals surface area (Å²) in [5, 5.41) is 0. The zero-order chi connectivity index (χ0) is 17.5. The smallest absolute Gasteiger partial charge is 0.431 e. The Morgan fingerprint density at radius 1 is 0.800 bits per heavy atom. The van der Waals surface area contributed by atoms with Gasteiger partial charge in [0.05, 0.1) is 0 Å². The Morgan fingerprint density at radius 3 is 2.00 bits per heavy atom. The highest BCUT2D eigenvalue weighted by atomic mass is 16.7. The van der Waals surface area contributed by atoms with Gasteiger partial charge in [-0.05, 0) is 35.7 Å². The quantitative estimate of drug-likeness (QED) is 0.457. The molecule has 126 valence electrons. The molecule has 0 fully saturated rings. The van der Waals surface area contributed by atoms with Gasteiger partial charge in [0.1, 0.15) is 11.9 Å². The van der Waals surface area contributed by atoms with E-state index in [1.807, 2.05) is 31.2 Å². The van der Waals surface area contributed by atoms with Gasteiger partial charge in [0, 0.05) is 6.42 Å². The van der Waals surface area contributed by atoms with Crippen LogP contribution in [0.15, 0.2) is 84.9 Å². The van der Waals surface area contributed by atoms with Crippen LogP contribution >= 0.6 is 0 Å². The van der Waals surface area contributed by atoms with Gasteiger partial charge < -0.3 is 9.47 Å². The number of ether oxygens (including phenoxy) is 2. The lowest BCUT2D eigenvalue weighted by molar-refractivity contribution is 0.0660. The van der Waals surface area contributed by atoms with Crippen LogP contribution in [-0.2, 0) is 11.2 Å². The monoisotopic (exact) mass is 332 g/mol. The van der Waals surface area contributed by atoms with Crippen LogP contribution < -0.4 is 4.74 Å². The standard InChI is InChI=1S/C22H20O3/c1-17(24-22(23)25-21-10-6-3-7-11-21)16-18-12-14-20(15-13-18)19-8-4-2-5-9-19/h2-15,17H,16H2,1H3. The van der Waals surface area contributed by atoms with Gasteiger partial charge in [0.15, 0.2) is 0 Å². The molecular weight excluding hydrogens is 312 g/mol. The molecule has 25 heavy (non-hydrogen) atoms. The van der Waals surface area contributed by atoms with Crippen molar-refractivity contribution in [1.29, 1.82) is 0 Å². The Bertz CT molecular complexity index is 796. The average molecular weight is 332 g/mol. The fourth-order valence-corrected chi connectivity index (χ4v) is 2.61. The summed E-state index contributed by atoms with van der Waals surface area (Å²) < 4.78 is 10.5. The van der Waals surface area contributed by atoms with Crippen molar-refractivity contribution in [1.82, 2.24) is 0 Å². The molecule has 0 heterocycles. The van der Waals surface area contributed by atoms with Crippen molar-refractivity contribution < 1.29 is 14.3 Å². The molecule has 0 aliphatic carbocycles. The molecule has 0 aliphatic rings. The molecule has 0 amide bonds. The molecule has 3 rings (SSSR count). The molecule has 0 saturated heterocycles. The maximum Gasteiger partial charge on any atom is 0.514 e. The van der Waals surface area contributed by atoms with Crippen molar-refractivity contribution in [2.24, 2.45) is 0 Å². The summed E-state index contributed by atoms with van der Waals surface area (Å²) in [5.41, 5.74) is 3.46. The zero-order valence-corrected chi connectivity index (χ0v) is 14.1. The topological polar surface area (TPSA) is 35.5 Å². The molecule has 3 nitrogen and oxygen atoms in total. The molecule has 0 aliphatic heterocycles. The molecule has 0 radical (unpaired) electrons. The SMILES string of the molecule is CC(Cc1ccc(-c2ccccc2)cc1)OC(=O)Oc1ccccc1. The second-order valence-electron chi connectivity index (χ2n) is 5.86. The molecule has 0 N–H and O–H groups in total. The Kier molecular flexibility index (Phi) is 5.47. The summed E-state index contributed by atoms with van der Waals surface area (Å²) in [6.07, 6.45) is -0.308. The minimum absolute atomic E-state index is 0.265. The first-order valence-electron chi connectivity index (χ1n) is 8.28. The third kappa shape index (κ3) is 4.95. The van der Waals surface area contributed by atoms with Crippen LogP contribution in [0.3, 0.4) is 0 Å². The van der Waals surface area contributed by atoms with Crippen LogP contribution in [-0.4, -0.2) is 12.3 Å². The molecule has 3 aromatic rings. The highest BCUT2D eigenvalue weighted by Crippen LogP contribution is 2.20. The highest BCUT2D eigenvalue weighted by Gasteiger charge is 2.12. The molecule has 0 saturated carbocycles. The van der Waals surface area contributed by atoms with Crippen molar-refractivity contribution in [3.8, 4) is 16.9 Å². The third-order valence-corrected chi connectivity index (χ3v) is 3.83. The van der Waals surface area contributed by atoms with Crippen LogP contribution in [0.5, 0.6) is 5.75 Å². The lowest BCUT2D eigenvalue weighted by Crippen LogP contribution is -2.20. The largest absolute Gasteiger partial charge is 0.514 e. The Hall–Kier alpha value is -3.07. The summed E-state index contributed by atoms with van der Waals surface area (Å²) in [6, 6.07) is 27.4. The van der Waals surface area contributed by atoms with E-state index in [-0.39, 0.29) is 6.10 Å².